The Morgan fingerprint density at radius 1 is 1.32 bits per heavy atom. The van der Waals surface area contributed by atoms with Crippen LogP contribution in [0.25, 0.3) is 0 Å². The Kier molecular flexibility index (Phi) is 6.56. The third kappa shape index (κ3) is 5.24. The number of nitrogens with zero attached hydrogens (tertiary/aromatic N) is 2. The zero-order valence-electron chi connectivity index (χ0n) is 15.0. The van der Waals surface area contributed by atoms with Crippen LogP contribution in [0.15, 0.2) is 24.3 Å². The van der Waals surface area contributed by atoms with Crippen molar-refractivity contribution in [3.63, 3.8) is 0 Å². The fraction of sp³-hybridized carbons (Fsp3) is 0.588. The topological polar surface area (TPSA) is 90.0 Å². The number of aliphatic hydroxyl groups is 1. The number of amides is 1. The summed E-state index contributed by atoms with van der Waals surface area (Å²) in [7, 11) is -1.88. The van der Waals surface area contributed by atoms with E-state index in [1.54, 1.807) is 38.2 Å². The highest BCUT2D eigenvalue weighted by Crippen LogP contribution is 2.18. The van der Waals surface area contributed by atoms with E-state index in [4.69, 9.17) is 0 Å². The van der Waals surface area contributed by atoms with Gasteiger partial charge in [-0.3, -0.25) is 9.69 Å². The van der Waals surface area contributed by atoms with Gasteiger partial charge >= 0.3 is 0 Å². The van der Waals surface area contributed by atoms with Gasteiger partial charge in [0.2, 0.25) is 10.0 Å². The first-order valence-corrected chi connectivity index (χ1v) is 10.0. The van der Waals surface area contributed by atoms with Crippen molar-refractivity contribution in [3.8, 4) is 0 Å². The lowest BCUT2D eigenvalue weighted by Crippen LogP contribution is -2.55. The average Bonchev–Trinajstić information content (AvgIpc) is 2.53. The van der Waals surface area contributed by atoms with E-state index in [0.717, 1.165) is 0 Å². The molecule has 2 N–H and O–H groups in total. The average molecular weight is 369 g/mol. The third-order valence-electron chi connectivity index (χ3n) is 4.32. The Balaban J connectivity index is 2.03. The van der Waals surface area contributed by atoms with Crippen LogP contribution in [0.1, 0.15) is 29.8 Å². The SMILES string of the molecule is CNC(=O)c1ccc(CS(=O)(=O)N2CCN(CC(C)O)CC2C)cc1. The zero-order valence-corrected chi connectivity index (χ0v) is 15.8. The number of piperazine rings is 1. The highest BCUT2D eigenvalue weighted by Gasteiger charge is 2.32. The molecule has 2 unspecified atom stereocenters. The lowest BCUT2D eigenvalue weighted by Gasteiger charge is -2.39. The third-order valence-corrected chi connectivity index (χ3v) is 6.28. The number of carbonyl (C=O) groups is 1. The lowest BCUT2D eigenvalue weighted by atomic mass is 10.1. The van der Waals surface area contributed by atoms with Crippen molar-refractivity contribution in [1.82, 2.24) is 14.5 Å². The first-order valence-electron chi connectivity index (χ1n) is 8.44. The molecule has 0 spiro atoms. The molecule has 0 radical (unpaired) electrons. The molecule has 140 valence electrons. The zero-order chi connectivity index (χ0) is 18.6. The van der Waals surface area contributed by atoms with Crippen molar-refractivity contribution < 1.29 is 18.3 Å². The largest absolute Gasteiger partial charge is 0.392 e. The van der Waals surface area contributed by atoms with Crippen molar-refractivity contribution in [2.45, 2.75) is 31.7 Å². The number of sulfonamides is 1. The molecule has 1 aliphatic heterocycles. The molecule has 1 aromatic rings. The second-order valence-electron chi connectivity index (χ2n) is 6.60. The Bertz CT molecular complexity index is 688. The molecule has 1 aliphatic rings. The van der Waals surface area contributed by atoms with Crippen molar-refractivity contribution in [2.24, 2.45) is 0 Å². The minimum Gasteiger partial charge on any atom is -0.392 e. The monoisotopic (exact) mass is 369 g/mol. The molecule has 7 nitrogen and oxygen atoms in total. The molecule has 1 heterocycles. The number of rotatable bonds is 6. The Labute approximate surface area is 149 Å². The van der Waals surface area contributed by atoms with Gasteiger partial charge in [0.15, 0.2) is 0 Å². The molecule has 0 bridgehead atoms. The van der Waals surface area contributed by atoms with Gasteiger partial charge in [-0.15, -0.1) is 0 Å². The van der Waals surface area contributed by atoms with E-state index in [0.29, 0.717) is 37.3 Å². The maximum Gasteiger partial charge on any atom is 0.251 e. The molecule has 2 rings (SSSR count). The first-order chi connectivity index (χ1) is 11.7. The Morgan fingerprint density at radius 3 is 2.48 bits per heavy atom. The maximum atomic E-state index is 12.7. The number of hydrogen-bond acceptors (Lipinski definition) is 5. The second kappa shape index (κ2) is 8.27. The molecule has 8 heteroatoms. The van der Waals surface area contributed by atoms with Crippen LogP contribution >= 0.6 is 0 Å². The van der Waals surface area contributed by atoms with Gasteiger partial charge in [-0.25, -0.2) is 8.42 Å². The summed E-state index contributed by atoms with van der Waals surface area (Å²) in [6, 6.07) is 6.48. The molecule has 1 fully saturated rings. The van der Waals surface area contributed by atoms with Crippen LogP contribution in [0.2, 0.25) is 0 Å². The number of aliphatic hydroxyl groups excluding tert-OH is 1. The molecule has 0 aromatic heterocycles. The van der Waals surface area contributed by atoms with Crippen LogP contribution in [0, 0.1) is 0 Å². The molecule has 0 aliphatic carbocycles. The predicted octanol–water partition coefficient (Wildman–Crippen LogP) is 0.263. The lowest BCUT2D eigenvalue weighted by molar-refractivity contribution is 0.0840. The minimum atomic E-state index is -3.43. The van der Waals surface area contributed by atoms with Gasteiger partial charge in [0.25, 0.3) is 5.91 Å². The van der Waals surface area contributed by atoms with Gasteiger partial charge in [0.1, 0.15) is 0 Å². The van der Waals surface area contributed by atoms with Crippen molar-refractivity contribution in [2.75, 3.05) is 33.2 Å². The summed E-state index contributed by atoms with van der Waals surface area (Å²) in [6.45, 7) is 5.83. The van der Waals surface area contributed by atoms with Crippen LogP contribution < -0.4 is 5.32 Å². The van der Waals surface area contributed by atoms with Gasteiger partial charge < -0.3 is 10.4 Å². The summed E-state index contributed by atoms with van der Waals surface area (Å²) < 4.78 is 27.0. The molecule has 1 aromatic carbocycles. The van der Waals surface area contributed by atoms with Crippen molar-refractivity contribution >= 4 is 15.9 Å². The second-order valence-corrected chi connectivity index (χ2v) is 8.52. The minimum absolute atomic E-state index is 0.0816. The van der Waals surface area contributed by atoms with Crippen LogP contribution in [0.3, 0.4) is 0 Å². The van der Waals surface area contributed by atoms with Crippen LogP contribution in [0.4, 0.5) is 0 Å². The maximum absolute atomic E-state index is 12.7. The highest BCUT2D eigenvalue weighted by molar-refractivity contribution is 7.88. The molecular weight excluding hydrogens is 342 g/mol. The molecule has 1 amide bonds. The van der Waals surface area contributed by atoms with Crippen molar-refractivity contribution in [1.29, 1.82) is 0 Å². The summed E-state index contributed by atoms with van der Waals surface area (Å²) in [5.74, 6) is -0.279. The Hall–Kier alpha value is -1.48. The standard InChI is InChI=1S/C17H27N3O4S/c1-13-10-19(11-14(2)21)8-9-20(13)25(23,24)12-15-4-6-16(7-5-15)17(22)18-3/h4-7,13-14,21H,8-12H2,1-3H3,(H,18,22). The Morgan fingerprint density at radius 2 is 1.96 bits per heavy atom. The normalized spacial score (nSPS) is 21.0. The molecule has 2 atom stereocenters. The van der Waals surface area contributed by atoms with Gasteiger partial charge in [-0.05, 0) is 31.5 Å². The van der Waals surface area contributed by atoms with E-state index in [2.05, 4.69) is 10.2 Å². The number of benzene rings is 1. The summed E-state index contributed by atoms with van der Waals surface area (Å²) in [5, 5.41) is 12.0. The van der Waals surface area contributed by atoms with Crippen molar-refractivity contribution in [3.05, 3.63) is 35.4 Å². The predicted molar refractivity (Wildman–Crippen MR) is 96.7 cm³/mol. The van der Waals surface area contributed by atoms with E-state index in [9.17, 15) is 18.3 Å². The number of β-amino-alcohol motifs (C(OH)–C–C–N with tert-alkyl or cyclic N) is 1. The summed E-state index contributed by atoms with van der Waals surface area (Å²) in [5.41, 5.74) is 1.16. The van der Waals surface area contributed by atoms with Crippen LogP contribution in [-0.4, -0.2) is 74.0 Å². The molecule has 1 saturated heterocycles. The van der Waals surface area contributed by atoms with E-state index < -0.39 is 16.1 Å². The number of hydrogen-bond donors (Lipinski definition) is 2. The smallest absolute Gasteiger partial charge is 0.251 e. The number of nitrogens with one attached hydrogen (secondary N) is 1. The van der Waals surface area contributed by atoms with Gasteiger partial charge in [0.05, 0.1) is 11.9 Å². The van der Waals surface area contributed by atoms with Gasteiger partial charge in [0, 0.05) is 44.8 Å². The quantitative estimate of drug-likeness (QED) is 0.751. The fourth-order valence-electron chi connectivity index (χ4n) is 3.16. The van der Waals surface area contributed by atoms with E-state index in [-0.39, 0.29) is 17.7 Å². The van der Waals surface area contributed by atoms with E-state index in [1.165, 1.54) is 4.31 Å². The van der Waals surface area contributed by atoms with Crippen LogP contribution in [-0.2, 0) is 15.8 Å². The summed E-state index contributed by atoms with van der Waals surface area (Å²) >= 11 is 0. The first kappa shape index (κ1) is 19.8. The fourth-order valence-corrected chi connectivity index (χ4v) is 4.91. The number of carbonyl (C=O) groups excluding carboxylic acids is 1. The summed E-state index contributed by atoms with van der Waals surface area (Å²) in [6.07, 6.45) is -0.422. The van der Waals surface area contributed by atoms with Crippen LogP contribution in [0.5, 0.6) is 0 Å². The molecule has 25 heavy (non-hydrogen) atoms. The van der Waals surface area contributed by atoms with E-state index in [1.807, 2.05) is 6.92 Å². The molecular formula is C17H27N3O4S. The van der Waals surface area contributed by atoms with Gasteiger partial charge in [-0.2, -0.15) is 4.31 Å². The summed E-state index contributed by atoms with van der Waals surface area (Å²) in [4.78, 5) is 13.6. The van der Waals surface area contributed by atoms with Gasteiger partial charge in [-0.1, -0.05) is 12.1 Å². The molecule has 0 saturated carbocycles. The highest BCUT2D eigenvalue weighted by atomic mass is 32.2. The van der Waals surface area contributed by atoms with E-state index >= 15 is 0 Å².